The van der Waals surface area contributed by atoms with Crippen LogP contribution >= 0.6 is 15.9 Å². The molecule has 0 saturated carbocycles. The highest BCUT2D eigenvalue weighted by molar-refractivity contribution is 9.09. The molecule has 6 heteroatoms. The first-order valence-corrected chi connectivity index (χ1v) is 7.50. The number of ether oxygens (including phenoxy) is 1. The number of aromatic nitrogens is 2. The topological polar surface area (TPSA) is 75.0 Å². The summed E-state index contributed by atoms with van der Waals surface area (Å²) in [5, 5.41) is 0. The summed E-state index contributed by atoms with van der Waals surface area (Å²) in [5.41, 5.74) is 1.09. The van der Waals surface area contributed by atoms with Crippen molar-refractivity contribution in [2.75, 3.05) is 6.61 Å². The fraction of sp³-hybridized carbons (Fsp3) is 0.429. The van der Waals surface area contributed by atoms with Gasteiger partial charge in [0, 0.05) is 17.4 Å². The molecule has 2 heterocycles. The average Bonchev–Trinajstić information content (AvgIpc) is 2.85. The fourth-order valence-electron chi connectivity index (χ4n) is 2.68. The molecule has 2 aromatic rings. The Balaban J connectivity index is 2.02. The number of aromatic amines is 2. The summed E-state index contributed by atoms with van der Waals surface area (Å²) in [5.74, 6) is 0.405. The smallest absolute Gasteiger partial charge is 0.314 e. The van der Waals surface area contributed by atoms with Crippen LogP contribution in [-0.2, 0) is 4.74 Å². The number of fused-ring (bicyclic) bond motifs is 1. The number of halogens is 1. The van der Waals surface area contributed by atoms with E-state index in [4.69, 9.17) is 4.74 Å². The predicted molar refractivity (Wildman–Crippen MR) is 80.4 cm³/mol. The summed E-state index contributed by atoms with van der Waals surface area (Å²) in [4.78, 5) is 28.0. The van der Waals surface area contributed by atoms with Gasteiger partial charge in [-0.1, -0.05) is 22.0 Å². The number of hydrogen-bond donors (Lipinski definition) is 2. The third-order valence-corrected chi connectivity index (χ3v) is 5.08. The molecule has 1 aromatic carbocycles. The molecule has 0 spiro atoms. The Kier molecular flexibility index (Phi) is 3.52. The van der Waals surface area contributed by atoms with Crippen LogP contribution in [0.2, 0.25) is 0 Å². The van der Waals surface area contributed by atoms with Gasteiger partial charge >= 0.3 is 11.1 Å². The van der Waals surface area contributed by atoms with E-state index < -0.39 is 11.1 Å². The molecular weight excluding hydrogens is 324 g/mol. The molecule has 0 radical (unpaired) electrons. The van der Waals surface area contributed by atoms with Crippen LogP contribution in [0, 0.1) is 5.92 Å². The van der Waals surface area contributed by atoms with E-state index in [-0.39, 0.29) is 10.9 Å². The third kappa shape index (κ3) is 2.33. The Hall–Kier alpha value is -1.40. The lowest BCUT2D eigenvalue weighted by Gasteiger charge is -2.21. The molecule has 2 N–H and O–H groups in total. The van der Waals surface area contributed by atoms with E-state index in [1.807, 2.05) is 18.2 Å². The first-order valence-electron chi connectivity index (χ1n) is 6.58. The van der Waals surface area contributed by atoms with Crippen molar-refractivity contribution in [3.05, 3.63) is 44.5 Å². The lowest BCUT2D eigenvalue weighted by molar-refractivity contribution is 0.105. The number of H-pyrrole nitrogens is 2. The van der Waals surface area contributed by atoms with E-state index in [9.17, 15) is 9.59 Å². The molecule has 106 valence electrons. The summed E-state index contributed by atoms with van der Waals surface area (Å²) in [6, 6.07) is 5.68. The Morgan fingerprint density at radius 2 is 1.95 bits per heavy atom. The summed E-state index contributed by atoms with van der Waals surface area (Å²) in [7, 11) is 0. The van der Waals surface area contributed by atoms with Crippen molar-refractivity contribution in [2.45, 2.75) is 24.3 Å². The third-order valence-electron chi connectivity index (χ3n) is 3.88. The molecule has 0 aliphatic carbocycles. The van der Waals surface area contributed by atoms with Gasteiger partial charge in [-0.05, 0) is 31.0 Å². The molecule has 0 amide bonds. The van der Waals surface area contributed by atoms with E-state index in [0.717, 1.165) is 18.6 Å². The SMILES string of the molecule is CC1OCCC1C(Br)c1ccc2[nH]c(=O)c(=O)[nH]c2c1. The first kappa shape index (κ1) is 13.6. The minimum atomic E-state index is -0.627. The van der Waals surface area contributed by atoms with Gasteiger partial charge in [-0.2, -0.15) is 0 Å². The number of benzene rings is 1. The normalized spacial score (nSPS) is 24.1. The van der Waals surface area contributed by atoms with Crippen molar-refractivity contribution in [1.29, 1.82) is 0 Å². The fourth-order valence-corrected chi connectivity index (χ4v) is 3.66. The van der Waals surface area contributed by atoms with Gasteiger partial charge < -0.3 is 14.7 Å². The quantitative estimate of drug-likeness (QED) is 0.650. The minimum Gasteiger partial charge on any atom is -0.378 e. The number of alkyl halides is 1. The molecule has 0 bridgehead atoms. The van der Waals surface area contributed by atoms with Crippen LogP contribution in [0.3, 0.4) is 0 Å². The van der Waals surface area contributed by atoms with Gasteiger partial charge in [0.15, 0.2) is 0 Å². The Labute approximate surface area is 123 Å². The second-order valence-corrected chi connectivity index (χ2v) is 6.13. The Morgan fingerprint density at radius 1 is 1.25 bits per heavy atom. The molecule has 3 unspecified atom stereocenters. The van der Waals surface area contributed by atoms with Crippen LogP contribution in [0.4, 0.5) is 0 Å². The molecule has 3 rings (SSSR count). The highest BCUT2D eigenvalue weighted by Gasteiger charge is 2.31. The van der Waals surface area contributed by atoms with Crippen molar-refractivity contribution in [1.82, 2.24) is 9.97 Å². The van der Waals surface area contributed by atoms with Gasteiger partial charge in [0.05, 0.1) is 17.1 Å². The van der Waals surface area contributed by atoms with Crippen LogP contribution < -0.4 is 11.1 Å². The molecule has 20 heavy (non-hydrogen) atoms. The maximum atomic E-state index is 11.4. The second-order valence-electron chi connectivity index (χ2n) is 5.14. The number of rotatable bonds is 2. The molecule has 1 aliphatic rings. The van der Waals surface area contributed by atoms with Gasteiger partial charge in [-0.3, -0.25) is 9.59 Å². The van der Waals surface area contributed by atoms with Crippen molar-refractivity contribution < 1.29 is 4.74 Å². The van der Waals surface area contributed by atoms with Crippen molar-refractivity contribution >= 4 is 27.0 Å². The van der Waals surface area contributed by atoms with Crippen LogP contribution in [-0.4, -0.2) is 22.7 Å². The van der Waals surface area contributed by atoms with Gasteiger partial charge in [-0.25, -0.2) is 0 Å². The maximum absolute atomic E-state index is 11.4. The standard InChI is InChI=1S/C14H15BrN2O3/c1-7-9(4-5-20-7)12(15)8-2-3-10-11(6-8)17-14(19)13(18)16-10/h2-3,6-7,9,12H,4-5H2,1H3,(H,16,18)(H,17,19). The average molecular weight is 339 g/mol. The molecular formula is C14H15BrN2O3. The lowest BCUT2D eigenvalue weighted by atomic mass is 9.93. The van der Waals surface area contributed by atoms with Crippen LogP contribution in [0.15, 0.2) is 27.8 Å². The van der Waals surface area contributed by atoms with E-state index in [1.54, 1.807) is 0 Å². The Bertz CT molecular complexity index is 752. The highest BCUT2D eigenvalue weighted by Crippen LogP contribution is 2.39. The first-order chi connectivity index (χ1) is 9.56. The van der Waals surface area contributed by atoms with Crippen molar-refractivity contribution in [3.63, 3.8) is 0 Å². The number of hydrogen-bond acceptors (Lipinski definition) is 3. The minimum absolute atomic E-state index is 0.167. The molecule has 3 atom stereocenters. The van der Waals surface area contributed by atoms with Gasteiger partial charge in [-0.15, -0.1) is 0 Å². The maximum Gasteiger partial charge on any atom is 0.314 e. The van der Waals surface area contributed by atoms with E-state index >= 15 is 0 Å². The molecule has 1 saturated heterocycles. The van der Waals surface area contributed by atoms with Gasteiger partial charge in [0.2, 0.25) is 0 Å². The zero-order chi connectivity index (χ0) is 14.3. The van der Waals surface area contributed by atoms with E-state index in [1.165, 1.54) is 0 Å². The highest BCUT2D eigenvalue weighted by atomic mass is 79.9. The number of nitrogens with one attached hydrogen (secondary N) is 2. The van der Waals surface area contributed by atoms with Gasteiger partial charge in [0.1, 0.15) is 0 Å². The summed E-state index contributed by atoms with van der Waals surface area (Å²) >= 11 is 3.73. The molecule has 1 aromatic heterocycles. The molecule has 1 aliphatic heterocycles. The van der Waals surface area contributed by atoms with E-state index in [0.29, 0.717) is 17.0 Å². The molecule has 1 fully saturated rings. The summed E-state index contributed by atoms with van der Waals surface area (Å²) in [6.45, 7) is 2.86. The summed E-state index contributed by atoms with van der Waals surface area (Å²) < 4.78 is 5.60. The zero-order valence-electron chi connectivity index (χ0n) is 11.0. The monoisotopic (exact) mass is 338 g/mol. The van der Waals surface area contributed by atoms with Crippen molar-refractivity contribution in [2.24, 2.45) is 5.92 Å². The van der Waals surface area contributed by atoms with Gasteiger partial charge in [0.25, 0.3) is 0 Å². The summed E-state index contributed by atoms with van der Waals surface area (Å²) in [6.07, 6.45) is 1.22. The van der Waals surface area contributed by atoms with Crippen LogP contribution in [0.1, 0.15) is 23.7 Å². The molecule has 5 nitrogen and oxygen atoms in total. The second kappa shape index (κ2) is 5.18. The van der Waals surface area contributed by atoms with E-state index in [2.05, 4.69) is 32.8 Å². The zero-order valence-corrected chi connectivity index (χ0v) is 12.6. The predicted octanol–water partition coefficient (Wildman–Crippen LogP) is 2.08. The largest absolute Gasteiger partial charge is 0.378 e. The van der Waals surface area contributed by atoms with Crippen molar-refractivity contribution in [3.8, 4) is 0 Å². The van der Waals surface area contributed by atoms with Crippen LogP contribution in [0.5, 0.6) is 0 Å². The lowest BCUT2D eigenvalue weighted by Crippen LogP contribution is -2.29. The Morgan fingerprint density at radius 3 is 2.60 bits per heavy atom. The van der Waals surface area contributed by atoms with Crippen LogP contribution in [0.25, 0.3) is 11.0 Å².